The molecule has 0 aromatic heterocycles. The summed E-state index contributed by atoms with van der Waals surface area (Å²) in [5.41, 5.74) is 1.53. The number of carbonyl (C=O) groups is 1. The predicted octanol–water partition coefficient (Wildman–Crippen LogP) is 5.13. The van der Waals surface area contributed by atoms with E-state index in [0.717, 1.165) is 56.6 Å². The van der Waals surface area contributed by atoms with Crippen LogP contribution in [0.4, 0.5) is 0 Å². The van der Waals surface area contributed by atoms with Crippen LogP contribution in [0.25, 0.3) is 0 Å². The van der Waals surface area contributed by atoms with Crippen LogP contribution in [-0.4, -0.2) is 45.5 Å². The van der Waals surface area contributed by atoms with Gasteiger partial charge < -0.3 is 19.5 Å². The molecule has 1 aromatic rings. The zero-order chi connectivity index (χ0) is 22.8. The highest BCUT2D eigenvalue weighted by Gasteiger charge is 2.51. The third-order valence-electron chi connectivity index (χ3n) is 7.84. The summed E-state index contributed by atoms with van der Waals surface area (Å²) < 4.78 is 16.8. The normalized spacial score (nSPS) is 27.7. The number of amides is 1. The molecule has 1 N–H and O–H groups in total. The average Bonchev–Trinajstić information content (AvgIpc) is 2.78. The van der Waals surface area contributed by atoms with Crippen molar-refractivity contribution >= 4 is 5.91 Å². The van der Waals surface area contributed by atoms with Crippen molar-refractivity contribution in [3.05, 3.63) is 35.9 Å². The van der Waals surface area contributed by atoms with E-state index < -0.39 is 0 Å². The monoisotopic (exact) mass is 457 g/mol. The lowest BCUT2D eigenvalue weighted by molar-refractivity contribution is -0.129. The molecule has 5 rings (SSSR count). The number of nitrogens with one attached hydrogen (secondary N) is 1. The molecule has 0 spiro atoms. The number of carbonyl (C=O) groups excluding carboxylic acids is 1. The maximum absolute atomic E-state index is 12.5. The van der Waals surface area contributed by atoms with Crippen molar-refractivity contribution in [2.45, 2.75) is 70.8 Å². The summed E-state index contributed by atoms with van der Waals surface area (Å²) >= 11 is 0. The van der Waals surface area contributed by atoms with Crippen molar-refractivity contribution in [1.29, 1.82) is 0 Å². The lowest BCUT2D eigenvalue weighted by atomic mass is 9.49. The molecule has 0 unspecified atom stereocenters. The highest BCUT2D eigenvalue weighted by atomic mass is 16.5. The van der Waals surface area contributed by atoms with E-state index in [1.165, 1.54) is 44.1 Å². The van der Waals surface area contributed by atoms with Crippen molar-refractivity contribution in [3.63, 3.8) is 0 Å². The minimum atomic E-state index is 0.290. The second-order valence-corrected chi connectivity index (χ2v) is 10.8. The van der Waals surface area contributed by atoms with E-state index in [9.17, 15) is 4.79 Å². The number of rotatable bonds is 16. The van der Waals surface area contributed by atoms with E-state index in [-0.39, 0.29) is 5.91 Å². The lowest BCUT2D eigenvalue weighted by Gasteiger charge is -2.56. The molecule has 33 heavy (non-hydrogen) atoms. The average molecular weight is 458 g/mol. The van der Waals surface area contributed by atoms with Crippen LogP contribution in [0, 0.1) is 23.2 Å². The van der Waals surface area contributed by atoms with Gasteiger partial charge in [0.1, 0.15) is 0 Å². The molecule has 0 radical (unpaired) electrons. The third-order valence-corrected chi connectivity index (χ3v) is 7.84. The molecular weight excluding hydrogens is 414 g/mol. The number of benzene rings is 1. The van der Waals surface area contributed by atoms with Gasteiger partial charge in [-0.3, -0.25) is 4.79 Å². The smallest absolute Gasteiger partial charge is 0.220 e. The molecule has 4 bridgehead atoms. The molecule has 4 aliphatic carbocycles. The Morgan fingerprint density at radius 2 is 1.39 bits per heavy atom. The van der Waals surface area contributed by atoms with Crippen LogP contribution in [0.3, 0.4) is 0 Å². The SMILES string of the molecule is O=C(CC12CC3CC(CC(C3)C1)C2)NCCCCCOCCOCCOCc1ccccc1. The van der Waals surface area contributed by atoms with Crippen LogP contribution in [-0.2, 0) is 25.6 Å². The summed E-state index contributed by atoms with van der Waals surface area (Å²) in [6, 6.07) is 10.2. The third kappa shape index (κ3) is 8.08. The van der Waals surface area contributed by atoms with E-state index in [4.69, 9.17) is 14.2 Å². The summed E-state index contributed by atoms with van der Waals surface area (Å²) in [5, 5.41) is 3.19. The summed E-state index contributed by atoms with van der Waals surface area (Å²) in [5.74, 6) is 3.05. The van der Waals surface area contributed by atoms with Gasteiger partial charge in [0.15, 0.2) is 0 Å². The first kappa shape index (κ1) is 24.7. The molecule has 1 amide bonds. The largest absolute Gasteiger partial charge is 0.379 e. The van der Waals surface area contributed by atoms with Crippen LogP contribution in [0.5, 0.6) is 0 Å². The van der Waals surface area contributed by atoms with Crippen molar-refractivity contribution in [1.82, 2.24) is 5.32 Å². The fourth-order valence-corrected chi connectivity index (χ4v) is 6.85. The first-order chi connectivity index (χ1) is 16.2. The second kappa shape index (κ2) is 12.9. The van der Waals surface area contributed by atoms with Gasteiger partial charge in [0.25, 0.3) is 0 Å². The number of unbranched alkanes of at least 4 members (excludes halogenated alkanes) is 2. The minimum Gasteiger partial charge on any atom is -0.379 e. The molecule has 4 aliphatic rings. The second-order valence-electron chi connectivity index (χ2n) is 10.8. The van der Waals surface area contributed by atoms with E-state index in [1.807, 2.05) is 18.2 Å². The van der Waals surface area contributed by atoms with Crippen LogP contribution < -0.4 is 5.32 Å². The zero-order valence-electron chi connectivity index (χ0n) is 20.3. The predicted molar refractivity (Wildman–Crippen MR) is 130 cm³/mol. The Bertz CT molecular complexity index is 672. The van der Waals surface area contributed by atoms with Crippen LogP contribution in [0.15, 0.2) is 30.3 Å². The quantitative estimate of drug-likeness (QED) is 0.350. The van der Waals surface area contributed by atoms with Gasteiger partial charge in [-0.15, -0.1) is 0 Å². The van der Waals surface area contributed by atoms with Gasteiger partial charge in [-0.05, 0) is 86.5 Å². The fourth-order valence-electron chi connectivity index (χ4n) is 6.85. The molecule has 0 heterocycles. The molecular formula is C28H43NO4. The Kier molecular flexibility index (Phi) is 9.63. The Balaban J connectivity index is 0.916. The van der Waals surface area contributed by atoms with Crippen molar-refractivity contribution < 1.29 is 19.0 Å². The van der Waals surface area contributed by atoms with Crippen LogP contribution in [0.2, 0.25) is 0 Å². The first-order valence-corrected chi connectivity index (χ1v) is 13.2. The Morgan fingerprint density at radius 1 is 0.788 bits per heavy atom. The standard InChI is InChI=1S/C28H43NO4/c30-27(21-28-18-24-15-25(19-28)17-26(16-24)20-28)29-9-5-2-6-10-31-11-12-32-13-14-33-22-23-7-3-1-4-8-23/h1,3-4,7-8,24-26H,2,5-6,9-22H2,(H,29,30). The van der Waals surface area contributed by atoms with Gasteiger partial charge in [0, 0.05) is 19.6 Å². The highest BCUT2D eigenvalue weighted by molar-refractivity contribution is 5.76. The van der Waals surface area contributed by atoms with E-state index in [1.54, 1.807) is 0 Å². The lowest BCUT2D eigenvalue weighted by Crippen LogP contribution is -2.48. The van der Waals surface area contributed by atoms with Crippen LogP contribution >= 0.6 is 0 Å². The molecule has 4 saturated carbocycles. The summed E-state index contributed by atoms with van der Waals surface area (Å²) in [6.07, 6.45) is 12.2. The van der Waals surface area contributed by atoms with Gasteiger partial charge in [-0.1, -0.05) is 30.3 Å². The van der Waals surface area contributed by atoms with Gasteiger partial charge >= 0.3 is 0 Å². The molecule has 0 aliphatic heterocycles. The maximum atomic E-state index is 12.5. The molecule has 1 aromatic carbocycles. The number of hydrogen-bond acceptors (Lipinski definition) is 4. The Morgan fingerprint density at radius 3 is 2.06 bits per heavy atom. The van der Waals surface area contributed by atoms with Crippen molar-refractivity contribution in [2.24, 2.45) is 23.2 Å². The van der Waals surface area contributed by atoms with E-state index in [2.05, 4.69) is 17.4 Å². The fraction of sp³-hybridized carbons (Fsp3) is 0.750. The molecule has 5 heteroatoms. The minimum absolute atomic E-state index is 0.290. The number of ether oxygens (including phenoxy) is 3. The van der Waals surface area contributed by atoms with Gasteiger partial charge in [-0.2, -0.15) is 0 Å². The maximum Gasteiger partial charge on any atom is 0.220 e. The Hall–Kier alpha value is -1.43. The molecule has 184 valence electrons. The topological polar surface area (TPSA) is 56.8 Å². The van der Waals surface area contributed by atoms with Gasteiger partial charge in [0.05, 0.1) is 33.0 Å². The molecule has 4 fully saturated rings. The first-order valence-electron chi connectivity index (χ1n) is 13.2. The number of hydrogen-bond donors (Lipinski definition) is 1. The summed E-state index contributed by atoms with van der Waals surface area (Å²) in [6.45, 7) is 4.62. The Labute approximate surface area is 199 Å². The van der Waals surface area contributed by atoms with Gasteiger partial charge in [-0.25, -0.2) is 0 Å². The van der Waals surface area contributed by atoms with Crippen molar-refractivity contribution in [3.8, 4) is 0 Å². The van der Waals surface area contributed by atoms with Crippen LogP contribution in [0.1, 0.15) is 69.8 Å². The molecule has 5 nitrogen and oxygen atoms in total. The summed E-state index contributed by atoms with van der Waals surface area (Å²) in [7, 11) is 0. The summed E-state index contributed by atoms with van der Waals surface area (Å²) in [4.78, 5) is 12.5. The highest BCUT2D eigenvalue weighted by Crippen LogP contribution is 2.61. The van der Waals surface area contributed by atoms with Crippen molar-refractivity contribution in [2.75, 3.05) is 39.6 Å². The molecule has 0 saturated heterocycles. The zero-order valence-corrected chi connectivity index (χ0v) is 20.3. The van der Waals surface area contributed by atoms with E-state index >= 15 is 0 Å². The van der Waals surface area contributed by atoms with Gasteiger partial charge in [0.2, 0.25) is 5.91 Å². The van der Waals surface area contributed by atoms with E-state index in [0.29, 0.717) is 38.4 Å². The molecule has 0 atom stereocenters.